The van der Waals surface area contributed by atoms with Crippen LogP contribution in [0.3, 0.4) is 0 Å². The molecule has 0 aliphatic carbocycles. The Bertz CT molecular complexity index is 1320. The minimum Gasteiger partial charge on any atom is -0.331 e. The van der Waals surface area contributed by atoms with Crippen molar-refractivity contribution in [1.82, 2.24) is 5.43 Å². The highest BCUT2D eigenvalue weighted by Crippen LogP contribution is 2.36. The molecule has 1 heterocycles. The van der Waals surface area contributed by atoms with Crippen molar-refractivity contribution < 1.29 is 0 Å². The summed E-state index contributed by atoms with van der Waals surface area (Å²) in [5, 5.41) is 14.9. The minimum absolute atomic E-state index is 0.147. The van der Waals surface area contributed by atoms with Gasteiger partial charge in [0.2, 0.25) is 0 Å². The van der Waals surface area contributed by atoms with E-state index in [1.165, 1.54) is 5.56 Å². The number of anilines is 2. The first-order valence-corrected chi connectivity index (χ1v) is 11.9. The van der Waals surface area contributed by atoms with Crippen molar-refractivity contribution in [3.63, 3.8) is 0 Å². The van der Waals surface area contributed by atoms with Crippen LogP contribution in [0.25, 0.3) is 0 Å². The van der Waals surface area contributed by atoms with Crippen molar-refractivity contribution in [2.75, 3.05) is 10.3 Å². The zero-order valence-electron chi connectivity index (χ0n) is 19.1. The second kappa shape index (κ2) is 10.8. The number of rotatable bonds is 6. The van der Waals surface area contributed by atoms with E-state index in [1.807, 2.05) is 54.6 Å². The molecule has 0 unspecified atom stereocenters. The summed E-state index contributed by atoms with van der Waals surface area (Å²) in [6.07, 6.45) is 2.60. The summed E-state index contributed by atoms with van der Waals surface area (Å²) < 4.78 is 0. The standard InChI is InChI=1S/C29H25N5S/c35-29(31-25-14-8-3-9-15-25)32-30-21-22-16-18-26(19-17-22)34-28(24-12-6-2-7-13-24)20-27(33-34)23-10-4-1-5-11-23/h1-19,21,28H,20H2,(H2,31,32,35)/b30-21-/t28-/m0/s1. The maximum Gasteiger partial charge on any atom is 0.191 e. The van der Waals surface area contributed by atoms with Crippen LogP contribution in [0.5, 0.6) is 0 Å². The average molecular weight is 476 g/mol. The molecule has 0 radical (unpaired) electrons. The number of para-hydroxylation sites is 1. The van der Waals surface area contributed by atoms with Crippen LogP contribution in [0.4, 0.5) is 11.4 Å². The van der Waals surface area contributed by atoms with Crippen molar-refractivity contribution in [3.8, 4) is 0 Å². The highest BCUT2D eigenvalue weighted by atomic mass is 32.1. The maximum atomic E-state index is 5.30. The smallest absolute Gasteiger partial charge is 0.191 e. The van der Waals surface area contributed by atoms with Crippen molar-refractivity contribution >= 4 is 40.6 Å². The van der Waals surface area contributed by atoms with Crippen LogP contribution in [0.1, 0.15) is 29.2 Å². The first-order chi connectivity index (χ1) is 17.3. The monoisotopic (exact) mass is 475 g/mol. The number of nitrogens with one attached hydrogen (secondary N) is 2. The third kappa shape index (κ3) is 5.62. The van der Waals surface area contributed by atoms with Gasteiger partial charge >= 0.3 is 0 Å². The third-order valence-corrected chi connectivity index (χ3v) is 5.96. The Morgan fingerprint density at radius 1 is 0.829 bits per heavy atom. The predicted molar refractivity (Wildman–Crippen MR) is 149 cm³/mol. The number of thiocarbonyl (C=S) groups is 1. The van der Waals surface area contributed by atoms with Crippen LogP contribution in [-0.4, -0.2) is 17.0 Å². The van der Waals surface area contributed by atoms with Gasteiger partial charge in [-0.05, 0) is 53.2 Å². The fourth-order valence-corrected chi connectivity index (χ4v) is 4.22. The van der Waals surface area contributed by atoms with E-state index < -0.39 is 0 Å². The van der Waals surface area contributed by atoms with E-state index in [4.69, 9.17) is 17.3 Å². The van der Waals surface area contributed by atoms with Gasteiger partial charge in [-0.3, -0.25) is 10.4 Å². The lowest BCUT2D eigenvalue weighted by Gasteiger charge is -2.24. The van der Waals surface area contributed by atoms with E-state index in [2.05, 4.69) is 81.5 Å². The van der Waals surface area contributed by atoms with E-state index in [0.29, 0.717) is 5.11 Å². The lowest BCUT2D eigenvalue weighted by atomic mass is 9.98. The van der Waals surface area contributed by atoms with Crippen molar-refractivity contribution in [2.24, 2.45) is 10.2 Å². The second-order valence-electron chi connectivity index (χ2n) is 8.17. The van der Waals surface area contributed by atoms with Crippen molar-refractivity contribution in [3.05, 3.63) is 132 Å². The summed E-state index contributed by atoms with van der Waals surface area (Å²) in [4.78, 5) is 0. The number of hydrogen-bond acceptors (Lipinski definition) is 4. The molecule has 6 heteroatoms. The highest BCUT2D eigenvalue weighted by Gasteiger charge is 2.29. The first kappa shape index (κ1) is 22.5. The summed E-state index contributed by atoms with van der Waals surface area (Å²) in [7, 11) is 0. The van der Waals surface area contributed by atoms with E-state index in [0.717, 1.165) is 34.6 Å². The van der Waals surface area contributed by atoms with Gasteiger partial charge in [0.05, 0.1) is 23.7 Å². The van der Waals surface area contributed by atoms with E-state index in [-0.39, 0.29) is 6.04 Å². The SMILES string of the molecule is S=C(N/N=C\c1ccc(N2N=C(c3ccccc3)C[C@H]2c2ccccc2)cc1)Nc1ccccc1. The molecule has 0 aromatic heterocycles. The topological polar surface area (TPSA) is 52.0 Å². The molecule has 0 bridgehead atoms. The van der Waals surface area contributed by atoms with E-state index >= 15 is 0 Å². The van der Waals surface area contributed by atoms with Crippen LogP contribution >= 0.6 is 12.2 Å². The Balaban J connectivity index is 1.30. The molecule has 172 valence electrons. The molecule has 1 aliphatic rings. The molecular weight excluding hydrogens is 450 g/mol. The molecule has 1 aliphatic heterocycles. The van der Waals surface area contributed by atoms with Gasteiger partial charge in [0.15, 0.2) is 5.11 Å². The Hall–Kier alpha value is -4.29. The van der Waals surface area contributed by atoms with E-state index in [9.17, 15) is 0 Å². The van der Waals surface area contributed by atoms with Crippen LogP contribution < -0.4 is 15.8 Å². The molecule has 0 amide bonds. The zero-order valence-corrected chi connectivity index (χ0v) is 19.9. The van der Waals surface area contributed by atoms with Gasteiger partial charge in [-0.15, -0.1) is 0 Å². The van der Waals surface area contributed by atoms with Gasteiger partial charge in [0, 0.05) is 12.1 Å². The molecular formula is C29H25N5S. The molecule has 4 aromatic rings. The largest absolute Gasteiger partial charge is 0.331 e. The van der Waals surface area contributed by atoms with Gasteiger partial charge in [-0.25, -0.2) is 0 Å². The molecule has 2 N–H and O–H groups in total. The van der Waals surface area contributed by atoms with Gasteiger partial charge in [0.25, 0.3) is 0 Å². The molecule has 0 fully saturated rings. The molecule has 1 atom stereocenters. The van der Waals surface area contributed by atoms with Gasteiger partial charge < -0.3 is 5.32 Å². The Labute approximate surface area is 210 Å². The maximum absolute atomic E-state index is 5.30. The number of hydrogen-bond donors (Lipinski definition) is 2. The number of benzene rings is 4. The van der Waals surface area contributed by atoms with Crippen LogP contribution in [0.15, 0.2) is 125 Å². The fourth-order valence-electron chi connectivity index (χ4n) is 4.05. The average Bonchev–Trinajstić information content (AvgIpc) is 3.36. The van der Waals surface area contributed by atoms with Crippen LogP contribution in [0, 0.1) is 0 Å². The van der Waals surface area contributed by atoms with Gasteiger partial charge in [-0.1, -0.05) is 91.0 Å². The van der Waals surface area contributed by atoms with Gasteiger partial charge in [-0.2, -0.15) is 10.2 Å². The first-order valence-electron chi connectivity index (χ1n) is 11.5. The number of nitrogens with zero attached hydrogens (tertiary/aromatic N) is 3. The molecule has 35 heavy (non-hydrogen) atoms. The highest BCUT2D eigenvalue weighted by molar-refractivity contribution is 7.80. The molecule has 0 saturated carbocycles. The summed E-state index contributed by atoms with van der Waals surface area (Å²) in [6.45, 7) is 0. The normalized spacial score (nSPS) is 15.1. The zero-order chi connectivity index (χ0) is 23.9. The fraction of sp³-hybridized carbons (Fsp3) is 0.0690. The summed E-state index contributed by atoms with van der Waals surface area (Å²) in [5.41, 5.74) is 9.27. The van der Waals surface area contributed by atoms with Crippen molar-refractivity contribution in [1.29, 1.82) is 0 Å². The molecule has 0 saturated heterocycles. The lowest BCUT2D eigenvalue weighted by Crippen LogP contribution is -2.23. The minimum atomic E-state index is 0.147. The Kier molecular flexibility index (Phi) is 6.92. The van der Waals surface area contributed by atoms with Crippen molar-refractivity contribution in [2.45, 2.75) is 12.5 Å². The summed E-state index contributed by atoms with van der Waals surface area (Å²) in [6, 6.07) is 39.1. The lowest BCUT2D eigenvalue weighted by molar-refractivity contribution is 0.709. The summed E-state index contributed by atoms with van der Waals surface area (Å²) in [5.74, 6) is 0. The van der Waals surface area contributed by atoms with Crippen LogP contribution in [-0.2, 0) is 0 Å². The predicted octanol–water partition coefficient (Wildman–Crippen LogP) is 6.36. The second-order valence-corrected chi connectivity index (χ2v) is 8.58. The Morgan fingerprint density at radius 3 is 2.14 bits per heavy atom. The molecule has 5 rings (SSSR count). The molecule has 0 spiro atoms. The molecule has 4 aromatic carbocycles. The summed E-state index contributed by atoms with van der Waals surface area (Å²) >= 11 is 5.30. The Morgan fingerprint density at radius 2 is 1.46 bits per heavy atom. The van der Waals surface area contributed by atoms with Gasteiger partial charge in [0.1, 0.15) is 0 Å². The molecule has 5 nitrogen and oxygen atoms in total. The van der Waals surface area contributed by atoms with E-state index in [1.54, 1.807) is 6.21 Å². The van der Waals surface area contributed by atoms with Crippen LogP contribution in [0.2, 0.25) is 0 Å². The third-order valence-electron chi connectivity index (χ3n) is 5.77. The number of hydrazone groups is 2. The quantitative estimate of drug-likeness (QED) is 0.193.